The van der Waals surface area contributed by atoms with E-state index in [0.29, 0.717) is 6.54 Å². The zero-order valence-corrected chi connectivity index (χ0v) is 7.90. The highest BCUT2D eigenvalue weighted by atomic mass is 16.3. The summed E-state index contributed by atoms with van der Waals surface area (Å²) in [7, 11) is 0. The summed E-state index contributed by atoms with van der Waals surface area (Å²) in [6.07, 6.45) is 4.10. The van der Waals surface area contributed by atoms with Crippen molar-refractivity contribution >= 4 is 0 Å². The summed E-state index contributed by atoms with van der Waals surface area (Å²) in [4.78, 5) is 3.93. The number of pyridine rings is 1. The third-order valence-corrected chi connectivity index (χ3v) is 1.93. The third-order valence-electron chi connectivity index (χ3n) is 1.93. The van der Waals surface area contributed by atoms with Gasteiger partial charge in [0.05, 0.1) is 6.10 Å². The number of aromatic nitrogens is 1. The summed E-state index contributed by atoms with van der Waals surface area (Å²) in [6.45, 7) is 3.41. The molecule has 0 saturated carbocycles. The summed E-state index contributed by atoms with van der Waals surface area (Å²) in [5.41, 5.74) is 1.19. The molecule has 2 N–H and O–H groups in total. The summed E-state index contributed by atoms with van der Waals surface area (Å²) in [5.74, 6) is 0. The van der Waals surface area contributed by atoms with Crippen LogP contribution in [0, 0.1) is 0 Å². The van der Waals surface area contributed by atoms with Crippen molar-refractivity contribution in [2.45, 2.75) is 26.0 Å². The third kappa shape index (κ3) is 4.01. The molecule has 1 rings (SSSR count). The van der Waals surface area contributed by atoms with Crippen LogP contribution in [-0.4, -0.2) is 22.7 Å². The van der Waals surface area contributed by atoms with Gasteiger partial charge in [0.15, 0.2) is 0 Å². The molecular weight excluding hydrogens is 164 g/mol. The van der Waals surface area contributed by atoms with Gasteiger partial charge in [0, 0.05) is 25.5 Å². The first-order valence-electron chi connectivity index (χ1n) is 4.60. The van der Waals surface area contributed by atoms with Crippen molar-refractivity contribution < 1.29 is 5.11 Å². The molecule has 0 amide bonds. The molecule has 3 heteroatoms. The summed E-state index contributed by atoms with van der Waals surface area (Å²) in [5, 5.41) is 12.4. The number of aliphatic hydroxyl groups excluding tert-OH is 1. The Morgan fingerprint density at radius 2 is 2.15 bits per heavy atom. The molecule has 0 unspecified atom stereocenters. The highest BCUT2D eigenvalue weighted by Gasteiger charge is 1.98. The molecule has 0 aromatic carbocycles. The first-order chi connectivity index (χ1) is 6.33. The lowest BCUT2D eigenvalue weighted by Crippen LogP contribution is -2.25. The zero-order chi connectivity index (χ0) is 9.52. The van der Waals surface area contributed by atoms with Gasteiger partial charge in [-0.3, -0.25) is 4.98 Å². The molecule has 0 fully saturated rings. The molecule has 0 aliphatic heterocycles. The van der Waals surface area contributed by atoms with E-state index in [0.717, 1.165) is 13.0 Å². The van der Waals surface area contributed by atoms with Crippen molar-refractivity contribution in [3.05, 3.63) is 30.1 Å². The van der Waals surface area contributed by atoms with E-state index in [-0.39, 0.29) is 6.10 Å². The second-order valence-electron chi connectivity index (χ2n) is 3.05. The van der Waals surface area contributed by atoms with Gasteiger partial charge in [-0.05, 0) is 24.1 Å². The van der Waals surface area contributed by atoms with Gasteiger partial charge in [-0.25, -0.2) is 0 Å². The Balaban J connectivity index is 2.20. The van der Waals surface area contributed by atoms with E-state index in [1.807, 2.05) is 19.1 Å². The lowest BCUT2D eigenvalue weighted by Gasteiger charge is -2.08. The SMILES string of the molecule is CC[C@@H](O)CNCc1ccncc1. The van der Waals surface area contributed by atoms with E-state index in [4.69, 9.17) is 0 Å². The van der Waals surface area contributed by atoms with E-state index in [1.54, 1.807) is 12.4 Å². The van der Waals surface area contributed by atoms with E-state index in [9.17, 15) is 5.11 Å². The topological polar surface area (TPSA) is 45.1 Å². The molecule has 3 nitrogen and oxygen atoms in total. The van der Waals surface area contributed by atoms with Crippen LogP contribution < -0.4 is 5.32 Å². The molecule has 0 spiro atoms. The molecule has 0 bridgehead atoms. The van der Waals surface area contributed by atoms with Gasteiger partial charge in [-0.2, -0.15) is 0 Å². The molecule has 0 aliphatic carbocycles. The van der Waals surface area contributed by atoms with Crippen LogP contribution in [0.1, 0.15) is 18.9 Å². The quantitative estimate of drug-likeness (QED) is 0.709. The summed E-state index contributed by atoms with van der Waals surface area (Å²) in [6, 6.07) is 3.93. The minimum atomic E-state index is -0.234. The fraction of sp³-hybridized carbons (Fsp3) is 0.500. The lowest BCUT2D eigenvalue weighted by molar-refractivity contribution is 0.167. The normalized spacial score (nSPS) is 12.8. The number of rotatable bonds is 5. The minimum absolute atomic E-state index is 0.234. The van der Waals surface area contributed by atoms with Crippen LogP contribution in [0.15, 0.2) is 24.5 Å². The predicted octanol–water partition coefficient (Wildman–Crippen LogP) is 0.942. The van der Waals surface area contributed by atoms with Crippen molar-refractivity contribution in [3.63, 3.8) is 0 Å². The van der Waals surface area contributed by atoms with Crippen LogP contribution in [0.3, 0.4) is 0 Å². The monoisotopic (exact) mass is 180 g/mol. The van der Waals surface area contributed by atoms with E-state index in [1.165, 1.54) is 5.56 Å². The number of hydrogen-bond donors (Lipinski definition) is 2. The van der Waals surface area contributed by atoms with Crippen LogP contribution in [0.25, 0.3) is 0 Å². The average Bonchev–Trinajstić information content (AvgIpc) is 2.19. The van der Waals surface area contributed by atoms with Crippen molar-refractivity contribution in [1.29, 1.82) is 0 Å². The predicted molar refractivity (Wildman–Crippen MR) is 52.2 cm³/mol. The van der Waals surface area contributed by atoms with Gasteiger partial charge >= 0.3 is 0 Å². The number of nitrogens with one attached hydrogen (secondary N) is 1. The highest BCUT2D eigenvalue weighted by Crippen LogP contribution is 1.95. The summed E-state index contributed by atoms with van der Waals surface area (Å²) < 4.78 is 0. The molecule has 72 valence electrons. The first-order valence-corrected chi connectivity index (χ1v) is 4.60. The molecule has 1 aromatic rings. The molecule has 0 aliphatic rings. The van der Waals surface area contributed by atoms with Crippen LogP contribution in [0.4, 0.5) is 0 Å². The van der Waals surface area contributed by atoms with Crippen LogP contribution in [-0.2, 0) is 6.54 Å². The summed E-state index contributed by atoms with van der Waals surface area (Å²) >= 11 is 0. The van der Waals surface area contributed by atoms with Crippen molar-refractivity contribution in [2.75, 3.05) is 6.54 Å². The Kier molecular flexibility index (Phi) is 4.43. The maximum atomic E-state index is 9.26. The van der Waals surface area contributed by atoms with Gasteiger partial charge in [-0.15, -0.1) is 0 Å². The van der Waals surface area contributed by atoms with Crippen molar-refractivity contribution in [3.8, 4) is 0 Å². The molecule has 1 aromatic heterocycles. The Morgan fingerprint density at radius 3 is 2.77 bits per heavy atom. The van der Waals surface area contributed by atoms with Gasteiger partial charge in [0.25, 0.3) is 0 Å². The number of aliphatic hydroxyl groups is 1. The largest absolute Gasteiger partial charge is 0.392 e. The molecule has 13 heavy (non-hydrogen) atoms. The smallest absolute Gasteiger partial charge is 0.0662 e. The molecule has 0 radical (unpaired) electrons. The molecule has 0 saturated heterocycles. The molecular formula is C10H16N2O. The minimum Gasteiger partial charge on any atom is -0.392 e. The van der Waals surface area contributed by atoms with Crippen LogP contribution in [0.5, 0.6) is 0 Å². The first kappa shape index (κ1) is 10.2. The maximum absolute atomic E-state index is 9.26. The van der Waals surface area contributed by atoms with Gasteiger partial charge < -0.3 is 10.4 Å². The second kappa shape index (κ2) is 5.67. The fourth-order valence-electron chi connectivity index (χ4n) is 1.03. The Hall–Kier alpha value is -0.930. The van der Waals surface area contributed by atoms with Gasteiger partial charge in [0.2, 0.25) is 0 Å². The second-order valence-corrected chi connectivity index (χ2v) is 3.05. The Labute approximate surface area is 78.8 Å². The molecule has 1 atom stereocenters. The van der Waals surface area contributed by atoms with Gasteiger partial charge in [-0.1, -0.05) is 6.92 Å². The van der Waals surface area contributed by atoms with Crippen molar-refractivity contribution in [1.82, 2.24) is 10.3 Å². The number of nitrogens with zero attached hydrogens (tertiary/aromatic N) is 1. The Morgan fingerprint density at radius 1 is 1.46 bits per heavy atom. The van der Waals surface area contributed by atoms with Gasteiger partial charge in [0.1, 0.15) is 0 Å². The van der Waals surface area contributed by atoms with Crippen LogP contribution >= 0.6 is 0 Å². The standard InChI is InChI=1S/C10H16N2O/c1-2-10(13)8-12-7-9-3-5-11-6-4-9/h3-6,10,12-13H,2,7-8H2,1H3/t10-/m1/s1. The lowest BCUT2D eigenvalue weighted by atomic mass is 10.2. The maximum Gasteiger partial charge on any atom is 0.0662 e. The van der Waals surface area contributed by atoms with E-state index in [2.05, 4.69) is 10.3 Å². The average molecular weight is 180 g/mol. The molecule has 1 heterocycles. The van der Waals surface area contributed by atoms with Crippen molar-refractivity contribution in [2.24, 2.45) is 0 Å². The highest BCUT2D eigenvalue weighted by molar-refractivity contribution is 5.08. The number of hydrogen-bond acceptors (Lipinski definition) is 3. The fourth-order valence-corrected chi connectivity index (χ4v) is 1.03. The van der Waals surface area contributed by atoms with E-state index >= 15 is 0 Å². The van der Waals surface area contributed by atoms with E-state index < -0.39 is 0 Å². The van der Waals surface area contributed by atoms with Crippen LogP contribution in [0.2, 0.25) is 0 Å². The Bertz CT molecular complexity index is 226. The zero-order valence-electron chi connectivity index (χ0n) is 7.90.